The molecule has 2 aromatic rings. The van der Waals surface area contributed by atoms with Gasteiger partial charge in [-0.05, 0) is 12.0 Å². The average Bonchev–Trinajstić information content (AvgIpc) is 3.23. The number of hydrogen-bond acceptors (Lipinski definition) is 4. The Balaban J connectivity index is 1.67. The molecule has 7 nitrogen and oxygen atoms in total. The van der Waals surface area contributed by atoms with Gasteiger partial charge < -0.3 is 10.2 Å². The van der Waals surface area contributed by atoms with Crippen LogP contribution in [0.15, 0.2) is 42.7 Å². The molecule has 2 aliphatic rings. The Morgan fingerprint density at radius 1 is 1.24 bits per heavy atom. The predicted molar refractivity (Wildman–Crippen MR) is 110 cm³/mol. The summed E-state index contributed by atoms with van der Waals surface area (Å²) in [7, 11) is 1.93. The van der Waals surface area contributed by atoms with Gasteiger partial charge >= 0.3 is 0 Å². The zero-order chi connectivity index (χ0) is 20.6. The number of piperidine rings is 1. The molecular weight excluding hydrogens is 366 g/mol. The second kappa shape index (κ2) is 7.63. The van der Waals surface area contributed by atoms with Crippen LogP contribution in [0.25, 0.3) is 0 Å². The highest BCUT2D eigenvalue weighted by Crippen LogP contribution is 2.47. The van der Waals surface area contributed by atoms with Gasteiger partial charge in [0.1, 0.15) is 0 Å². The number of fused-ring (bicyclic) bond motifs is 1. The number of nitrogens with one attached hydrogen (secondary N) is 1. The Labute approximate surface area is 171 Å². The number of rotatable bonds is 4. The summed E-state index contributed by atoms with van der Waals surface area (Å²) in [6.07, 6.45) is 4.77. The van der Waals surface area contributed by atoms with Crippen molar-refractivity contribution in [2.24, 2.45) is 13.0 Å². The van der Waals surface area contributed by atoms with E-state index in [4.69, 9.17) is 0 Å². The molecule has 0 unspecified atom stereocenters. The molecular formula is C22H29N5O2. The van der Waals surface area contributed by atoms with Crippen LogP contribution >= 0.6 is 0 Å². The van der Waals surface area contributed by atoms with Crippen molar-refractivity contribution in [1.29, 1.82) is 0 Å². The molecule has 2 amide bonds. The standard InChI is InChI=1S/C22H29N5O2/c1-16(28)24-22-9-10-26(13-18-11-23-25(3)12-18)14-20(22)21(27(15-22)17(2)29)19-7-5-4-6-8-19/h4-8,11-12,20-21H,9-10,13-15H2,1-3H3,(H,24,28)/t20-,21-,22-/m1/s1. The van der Waals surface area contributed by atoms with E-state index in [0.29, 0.717) is 6.54 Å². The molecule has 2 fully saturated rings. The van der Waals surface area contributed by atoms with Gasteiger partial charge in [-0.3, -0.25) is 19.2 Å². The SMILES string of the molecule is CC(=O)N[C@@]12CCN(Cc3cnn(C)c3)C[C@@H]1[C@@H](c1ccccc1)N(C(C)=O)C2. The normalized spacial score (nSPS) is 26.9. The van der Waals surface area contributed by atoms with Gasteiger partial charge in [0.25, 0.3) is 0 Å². The summed E-state index contributed by atoms with van der Waals surface area (Å²) in [6.45, 7) is 6.27. The van der Waals surface area contributed by atoms with Crippen LogP contribution in [0.1, 0.15) is 37.4 Å². The highest BCUT2D eigenvalue weighted by atomic mass is 16.2. The van der Waals surface area contributed by atoms with Crippen molar-refractivity contribution in [3.8, 4) is 0 Å². The fraction of sp³-hybridized carbons (Fsp3) is 0.500. The monoisotopic (exact) mass is 395 g/mol. The lowest BCUT2D eigenvalue weighted by molar-refractivity contribution is -0.130. The minimum Gasteiger partial charge on any atom is -0.349 e. The van der Waals surface area contributed by atoms with Crippen molar-refractivity contribution >= 4 is 11.8 Å². The first-order valence-corrected chi connectivity index (χ1v) is 10.2. The lowest BCUT2D eigenvalue weighted by Crippen LogP contribution is -2.60. The number of aryl methyl sites for hydroxylation is 1. The van der Waals surface area contributed by atoms with Crippen molar-refractivity contribution in [2.75, 3.05) is 19.6 Å². The van der Waals surface area contributed by atoms with Crippen molar-refractivity contribution in [2.45, 2.75) is 38.4 Å². The number of carbonyl (C=O) groups excluding carboxylic acids is 2. The first-order chi connectivity index (χ1) is 13.9. The summed E-state index contributed by atoms with van der Waals surface area (Å²) < 4.78 is 1.82. The van der Waals surface area contributed by atoms with Crippen LogP contribution in [0.2, 0.25) is 0 Å². The zero-order valence-electron chi connectivity index (χ0n) is 17.3. The minimum absolute atomic E-state index is 0.0343. The van der Waals surface area contributed by atoms with Crippen LogP contribution < -0.4 is 5.32 Å². The third-order valence-electron chi connectivity index (χ3n) is 6.34. The summed E-state index contributed by atoms with van der Waals surface area (Å²) in [6, 6.07) is 10.2. The first-order valence-electron chi connectivity index (χ1n) is 10.2. The Morgan fingerprint density at radius 3 is 2.62 bits per heavy atom. The Bertz CT molecular complexity index is 896. The van der Waals surface area contributed by atoms with Crippen LogP contribution in [0.4, 0.5) is 0 Å². The molecule has 7 heteroatoms. The summed E-state index contributed by atoms with van der Waals surface area (Å²) in [5.74, 6) is 0.146. The van der Waals surface area contributed by atoms with E-state index in [9.17, 15) is 9.59 Å². The van der Waals surface area contributed by atoms with Crippen molar-refractivity contribution in [1.82, 2.24) is 24.9 Å². The number of hydrogen-bond donors (Lipinski definition) is 1. The van der Waals surface area contributed by atoms with Gasteiger partial charge in [-0.25, -0.2) is 0 Å². The van der Waals surface area contributed by atoms with E-state index in [1.807, 2.05) is 47.2 Å². The Kier molecular flexibility index (Phi) is 5.17. The van der Waals surface area contributed by atoms with E-state index in [2.05, 4.69) is 27.4 Å². The van der Waals surface area contributed by atoms with E-state index < -0.39 is 0 Å². The molecule has 1 aromatic carbocycles. The van der Waals surface area contributed by atoms with Gasteiger partial charge in [-0.2, -0.15) is 5.10 Å². The molecule has 4 rings (SSSR count). The third kappa shape index (κ3) is 3.79. The summed E-state index contributed by atoms with van der Waals surface area (Å²) in [4.78, 5) is 29.0. The largest absolute Gasteiger partial charge is 0.349 e. The molecule has 0 aliphatic carbocycles. The van der Waals surface area contributed by atoms with Gasteiger partial charge in [0, 0.05) is 64.8 Å². The number of aromatic nitrogens is 2. The summed E-state index contributed by atoms with van der Waals surface area (Å²) in [5.41, 5.74) is 1.92. The summed E-state index contributed by atoms with van der Waals surface area (Å²) in [5, 5.41) is 7.53. The fourth-order valence-electron chi connectivity index (χ4n) is 5.18. The minimum atomic E-state index is -0.385. The number of carbonyl (C=O) groups is 2. The molecule has 2 aliphatic heterocycles. The van der Waals surface area contributed by atoms with Crippen molar-refractivity contribution in [3.63, 3.8) is 0 Å². The molecule has 0 saturated carbocycles. The molecule has 3 atom stereocenters. The lowest BCUT2D eigenvalue weighted by atomic mass is 9.75. The smallest absolute Gasteiger partial charge is 0.220 e. The molecule has 154 valence electrons. The molecule has 1 aromatic heterocycles. The first kappa shape index (κ1) is 19.6. The molecule has 29 heavy (non-hydrogen) atoms. The molecule has 0 spiro atoms. The van der Waals surface area contributed by atoms with Crippen LogP contribution in [-0.4, -0.2) is 56.6 Å². The van der Waals surface area contributed by atoms with Gasteiger partial charge in [0.05, 0.1) is 17.8 Å². The average molecular weight is 396 g/mol. The molecule has 1 N–H and O–H groups in total. The van der Waals surface area contributed by atoms with Crippen LogP contribution in [0, 0.1) is 5.92 Å². The van der Waals surface area contributed by atoms with Gasteiger partial charge in [-0.1, -0.05) is 30.3 Å². The van der Waals surface area contributed by atoms with Crippen LogP contribution in [-0.2, 0) is 23.2 Å². The zero-order valence-corrected chi connectivity index (χ0v) is 17.3. The third-order valence-corrected chi connectivity index (χ3v) is 6.34. The van der Waals surface area contributed by atoms with Crippen molar-refractivity contribution in [3.05, 3.63) is 53.9 Å². The van der Waals surface area contributed by atoms with Crippen LogP contribution in [0.3, 0.4) is 0 Å². The number of nitrogens with zero attached hydrogens (tertiary/aromatic N) is 4. The maximum Gasteiger partial charge on any atom is 0.220 e. The number of benzene rings is 1. The van der Waals surface area contributed by atoms with Crippen LogP contribution in [0.5, 0.6) is 0 Å². The highest BCUT2D eigenvalue weighted by molar-refractivity contribution is 5.77. The Morgan fingerprint density at radius 2 is 2.00 bits per heavy atom. The molecule has 3 heterocycles. The van der Waals surface area contributed by atoms with Crippen molar-refractivity contribution < 1.29 is 9.59 Å². The van der Waals surface area contributed by atoms with E-state index in [-0.39, 0.29) is 29.3 Å². The van der Waals surface area contributed by atoms with E-state index in [0.717, 1.165) is 31.6 Å². The second-order valence-electron chi connectivity index (χ2n) is 8.45. The summed E-state index contributed by atoms with van der Waals surface area (Å²) >= 11 is 0. The maximum atomic E-state index is 12.6. The fourth-order valence-corrected chi connectivity index (χ4v) is 5.18. The van der Waals surface area contributed by atoms with E-state index in [1.165, 1.54) is 5.56 Å². The van der Waals surface area contributed by atoms with E-state index in [1.54, 1.807) is 13.8 Å². The molecule has 0 radical (unpaired) electrons. The number of amides is 2. The molecule has 0 bridgehead atoms. The topological polar surface area (TPSA) is 70.5 Å². The predicted octanol–water partition coefficient (Wildman–Crippen LogP) is 1.72. The quantitative estimate of drug-likeness (QED) is 0.856. The second-order valence-corrected chi connectivity index (χ2v) is 8.45. The number of likely N-dealkylation sites (tertiary alicyclic amines) is 2. The van der Waals surface area contributed by atoms with E-state index >= 15 is 0 Å². The van der Waals surface area contributed by atoms with Gasteiger partial charge in [-0.15, -0.1) is 0 Å². The maximum absolute atomic E-state index is 12.6. The van der Waals surface area contributed by atoms with Gasteiger partial charge in [0.15, 0.2) is 0 Å². The Hall–Kier alpha value is -2.67. The molecule has 2 saturated heterocycles. The highest BCUT2D eigenvalue weighted by Gasteiger charge is 2.56. The lowest BCUT2D eigenvalue weighted by Gasteiger charge is -2.45. The van der Waals surface area contributed by atoms with Gasteiger partial charge in [0.2, 0.25) is 11.8 Å².